The van der Waals surface area contributed by atoms with Gasteiger partial charge in [-0.05, 0) is 55.1 Å². The molecule has 1 unspecified atom stereocenters. The average Bonchev–Trinajstić information content (AvgIpc) is 2.60. The minimum atomic E-state index is -0.137. The number of thioether (sulfide) groups is 1. The van der Waals surface area contributed by atoms with E-state index in [-0.39, 0.29) is 11.9 Å². The molecular formula is C18H21NO3S. The van der Waals surface area contributed by atoms with Crippen LogP contribution in [0, 0.1) is 0 Å². The predicted molar refractivity (Wildman–Crippen MR) is 93.7 cm³/mol. The lowest BCUT2D eigenvalue weighted by molar-refractivity contribution is 0.0939. The van der Waals surface area contributed by atoms with Crippen LogP contribution >= 0.6 is 11.8 Å². The molecule has 0 heterocycles. The van der Waals surface area contributed by atoms with Gasteiger partial charge in [-0.15, -0.1) is 11.8 Å². The number of rotatable bonds is 6. The molecule has 0 radical (unpaired) electrons. The third-order valence-electron chi connectivity index (χ3n) is 3.61. The Bertz CT molecular complexity index is 670. The van der Waals surface area contributed by atoms with Gasteiger partial charge in [-0.2, -0.15) is 0 Å². The predicted octanol–water partition coefficient (Wildman–Crippen LogP) is 3.92. The van der Waals surface area contributed by atoms with Crippen molar-refractivity contribution in [3.63, 3.8) is 0 Å². The van der Waals surface area contributed by atoms with Crippen molar-refractivity contribution in [2.75, 3.05) is 20.5 Å². The van der Waals surface area contributed by atoms with Gasteiger partial charge in [0.05, 0.1) is 20.3 Å². The molecule has 1 atom stereocenters. The Morgan fingerprint density at radius 3 is 2.26 bits per heavy atom. The summed E-state index contributed by atoms with van der Waals surface area (Å²) in [6, 6.07) is 13.1. The summed E-state index contributed by atoms with van der Waals surface area (Å²) < 4.78 is 10.5. The topological polar surface area (TPSA) is 47.6 Å². The van der Waals surface area contributed by atoms with Crippen LogP contribution in [0.2, 0.25) is 0 Å². The molecule has 0 aromatic heterocycles. The summed E-state index contributed by atoms with van der Waals surface area (Å²) in [5.41, 5.74) is 1.60. The second-order valence-corrected chi connectivity index (χ2v) is 5.92. The van der Waals surface area contributed by atoms with Gasteiger partial charge in [0.25, 0.3) is 5.91 Å². The molecule has 0 aliphatic carbocycles. The van der Waals surface area contributed by atoms with Crippen molar-refractivity contribution in [3.8, 4) is 11.5 Å². The van der Waals surface area contributed by atoms with Gasteiger partial charge < -0.3 is 14.8 Å². The third kappa shape index (κ3) is 4.20. The molecule has 0 fully saturated rings. The van der Waals surface area contributed by atoms with Crippen LogP contribution in [0.15, 0.2) is 47.4 Å². The highest BCUT2D eigenvalue weighted by Gasteiger charge is 2.14. The zero-order chi connectivity index (χ0) is 16.8. The van der Waals surface area contributed by atoms with Gasteiger partial charge in [-0.25, -0.2) is 0 Å². The molecule has 122 valence electrons. The zero-order valence-corrected chi connectivity index (χ0v) is 14.6. The minimum Gasteiger partial charge on any atom is -0.493 e. The SMILES string of the molecule is COc1ccc(C(C)NC(=O)c2ccc(SC)cc2)cc1OC. The Morgan fingerprint density at radius 2 is 1.70 bits per heavy atom. The number of carbonyl (C=O) groups excluding carboxylic acids is 1. The van der Waals surface area contributed by atoms with E-state index in [1.807, 2.05) is 55.6 Å². The van der Waals surface area contributed by atoms with Gasteiger partial charge in [-0.1, -0.05) is 6.07 Å². The Labute approximate surface area is 141 Å². The summed E-state index contributed by atoms with van der Waals surface area (Å²) in [4.78, 5) is 13.5. The molecule has 23 heavy (non-hydrogen) atoms. The Morgan fingerprint density at radius 1 is 1.04 bits per heavy atom. The first-order valence-electron chi connectivity index (χ1n) is 7.26. The first-order chi connectivity index (χ1) is 11.1. The second-order valence-electron chi connectivity index (χ2n) is 5.04. The van der Waals surface area contributed by atoms with Gasteiger partial charge in [0.15, 0.2) is 11.5 Å². The molecule has 5 heteroatoms. The highest BCUT2D eigenvalue weighted by molar-refractivity contribution is 7.98. The summed E-state index contributed by atoms with van der Waals surface area (Å²) >= 11 is 1.65. The van der Waals surface area contributed by atoms with Crippen molar-refractivity contribution in [3.05, 3.63) is 53.6 Å². The van der Waals surface area contributed by atoms with Crippen LogP contribution in [0.3, 0.4) is 0 Å². The largest absolute Gasteiger partial charge is 0.493 e. The third-order valence-corrected chi connectivity index (χ3v) is 4.35. The van der Waals surface area contributed by atoms with Gasteiger partial charge in [0.1, 0.15) is 0 Å². The van der Waals surface area contributed by atoms with Gasteiger partial charge in [0.2, 0.25) is 0 Å². The number of hydrogen-bond donors (Lipinski definition) is 1. The number of ether oxygens (including phenoxy) is 2. The number of benzene rings is 2. The molecule has 2 rings (SSSR count). The van der Waals surface area contributed by atoms with E-state index in [2.05, 4.69) is 5.32 Å². The van der Waals surface area contributed by atoms with Crippen LogP contribution in [0.1, 0.15) is 28.9 Å². The summed E-state index contributed by atoms with van der Waals surface area (Å²) in [7, 11) is 3.19. The van der Waals surface area contributed by atoms with Crippen LogP contribution < -0.4 is 14.8 Å². The Hall–Kier alpha value is -2.14. The molecule has 2 aromatic carbocycles. The van der Waals surface area contributed by atoms with E-state index < -0.39 is 0 Å². The fourth-order valence-corrected chi connectivity index (χ4v) is 2.64. The fraction of sp³-hybridized carbons (Fsp3) is 0.278. The molecule has 1 N–H and O–H groups in total. The van der Waals surface area contributed by atoms with Crippen molar-refractivity contribution in [1.29, 1.82) is 0 Å². The molecule has 0 aliphatic rings. The van der Waals surface area contributed by atoms with Crippen molar-refractivity contribution < 1.29 is 14.3 Å². The molecule has 4 nitrogen and oxygen atoms in total. The molecular weight excluding hydrogens is 310 g/mol. The lowest BCUT2D eigenvalue weighted by Gasteiger charge is -2.16. The lowest BCUT2D eigenvalue weighted by atomic mass is 10.1. The van der Waals surface area contributed by atoms with E-state index in [1.165, 1.54) is 0 Å². The molecule has 0 saturated carbocycles. The summed E-state index contributed by atoms with van der Waals surface area (Å²) in [5, 5.41) is 3.00. The summed E-state index contributed by atoms with van der Waals surface area (Å²) in [6.45, 7) is 1.94. The van der Waals surface area contributed by atoms with E-state index in [0.717, 1.165) is 10.5 Å². The van der Waals surface area contributed by atoms with Crippen LogP contribution in [-0.2, 0) is 0 Å². The monoisotopic (exact) mass is 331 g/mol. The summed E-state index contributed by atoms with van der Waals surface area (Å²) in [6.07, 6.45) is 2.01. The van der Waals surface area contributed by atoms with E-state index in [9.17, 15) is 4.79 Å². The number of methoxy groups -OCH3 is 2. The summed E-state index contributed by atoms with van der Waals surface area (Å²) in [5.74, 6) is 1.22. The average molecular weight is 331 g/mol. The molecule has 2 aromatic rings. The molecule has 0 bridgehead atoms. The van der Waals surface area contributed by atoms with Crippen molar-refractivity contribution >= 4 is 17.7 Å². The Kier molecular flexibility index (Phi) is 5.93. The highest BCUT2D eigenvalue weighted by atomic mass is 32.2. The van der Waals surface area contributed by atoms with Crippen molar-refractivity contribution in [2.45, 2.75) is 17.9 Å². The number of nitrogens with one attached hydrogen (secondary N) is 1. The normalized spacial score (nSPS) is 11.7. The second kappa shape index (κ2) is 7.92. The standard InChI is InChI=1S/C18H21NO3S/c1-12(14-7-10-16(21-2)17(11-14)22-3)19-18(20)13-5-8-15(23-4)9-6-13/h5-12H,1-4H3,(H,19,20). The van der Waals surface area contributed by atoms with Crippen LogP contribution in [0.4, 0.5) is 0 Å². The van der Waals surface area contributed by atoms with E-state index in [0.29, 0.717) is 17.1 Å². The Balaban J connectivity index is 2.11. The molecule has 1 amide bonds. The molecule has 0 aliphatic heterocycles. The van der Waals surface area contributed by atoms with Crippen LogP contribution in [0.5, 0.6) is 11.5 Å². The fourth-order valence-electron chi connectivity index (χ4n) is 2.23. The van der Waals surface area contributed by atoms with Crippen molar-refractivity contribution in [2.24, 2.45) is 0 Å². The first-order valence-corrected chi connectivity index (χ1v) is 8.48. The maximum Gasteiger partial charge on any atom is 0.251 e. The smallest absolute Gasteiger partial charge is 0.251 e. The van der Waals surface area contributed by atoms with E-state index in [1.54, 1.807) is 26.0 Å². The first kappa shape index (κ1) is 17.2. The van der Waals surface area contributed by atoms with E-state index in [4.69, 9.17) is 9.47 Å². The van der Waals surface area contributed by atoms with Crippen LogP contribution in [-0.4, -0.2) is 26.4 Å². The number of amides is 1. The van der Waals surface area contributed by atoms with Crippen molar-refractivity contribution in [1.82, 2.24) is 5.32 Å². The molecule has 0 spiro atoms. The highest BCUT2D eigenvalue weighted by Crippen LogP contribution is 2.30. The number of carbonyl (C=O) groups is 1. The van der Waals surface area contributed by atoms with Gasteiger partial charge >= 0.3 is 0 Å². The maximum atomic E-state index is 12.3. The minimum absolute atomic E-state index is 0.0973. The maximum absolute atomic E-state index is 12.3. The molecule has 0 saturated heterocycles. The lowest BCUT2D eigenvalue weighted by Crippen LogP contribution is -2.26. The van der Waals surface area contributed by atoms with Gasteiger partial charge in [0, 0.05) is 10.5 Å². The quantitative estimate of drug-likeness (QED) is 0.815. The number of hydrogen-bond acceptors (Lipinski definition) is 4. The van der Waals surface area contributed by atoms with Gasteiger partial charge in [-0.3, -0.25) is 4.79 Å². The zero-order valence-electron chi connectivity index (χ0n) is 13.8. The van der Waals surface area contributed by atoms with Crippen LogP contribution in [0.25, 0.3) is 0 Å². The van der Waals surface area contributed by atoms with E-state index >= 15 is 0 Å².